The number of nitrogens with zero attached hydrogens (tertiary/aromatic N) is 1. The molecule has 1 aromatic rings. The summed E-state index contributed by atoms with van der Waals surface area (Å²) >= 11 is 0. The molecule has 1 aromatic carbocycles. The lowest BCUT2D eigenvalue weighted by Crippen LogP contribution is -2.53. The van der Waals surface area contributed by atoms with Crippen LogP contribution in [0.4, 0.5) is 0 Å². The van der Waals surface area contributed by atoms with E-state index in [0.29, 0.717) is 18.6 Å². The zero-order valence-corrected chi connectivity index (χ0v) is 16.3. The Morgan fingerprint density at radius 2 is 2.00 bits per heavy atom. The molecule has 1 atom stereocenters. The van der Waals surface area contributed by atoms with Crippen molar-refractivity contribution in [2.75, 3.05) is 26.2 Å². The van der Waals surface area contributed by atoms with Gasteiger partial charge >= 0.3 is 11.8 Å². The molecule has 0 aromatic heterocycles. The van der Waals surface area contributed by atoms with Crippen LogP contribution in [-0.4, -0.2) is 57.0 Å². The molecule has 148 valence electrons. The number of nitrogens with one attached hydrogen (secondary N) is 2. The van der Waals surface area contributed by atoms with Crippen LogP contribution in [0, 0.1) is 13.8 Å². The van der Waals surface area contributed by atoms with Crippen LogP contribution in [0.25, 0.3) is 0 Å². The lowest BCUT2D eigenvalue weighted by molar-refractivity contribution is -0.140. The van der Waals surface area contributed by atoms with Crippen LogP contribution < -0.4 is 10.6 Å². The van der Waals surface area contributed by atoms with E-state index < -0.39 is 28.1 Å². The third-order valence-corrected chi connectivity index (χ3v) is 6.17. The predicted octanol–water partition coefficient (Wildman–Crippen LogP) is 0.459. The van der Waals surface area contributed by atoms with Crippen molar-refractivity contribution in [1.29, 1.82) is 0 Å². The molecule has 9 heteroatoms. The van der Waals surface area contributed by atoms with Gasteiger partial charge in [-0.15, -0.1) is 6.58 Å². The van der Waals surface area contributed by atoms with Gasteiger partial charge in [0.1, 0.15) is 6.23 Å². The van der Waals surface area contributed by atoms with Gasteiger partial charge in [0.15, 0.2) is 0 Å². The van der Waals surface area contributed by atoms with Crippen LogP contribution in [0.3, 0.4) is 0 Å². The first-order valence-electron chi connectivity index (χ1n) is 8.65. The summed E-state index contributed by atoms with van der Waals surface area (Å²) in [5.41, 5.74) is 1.47. The number of hydrogen-bond acceptors (Lipinski definition) is 5. The number of ether oxygens (including phenoxy) is 1. The number of hydrogen-bond donors (Lipinski definition) is 2. The molecule has 0 saturated carbocycles. The van der Waals surface area contributed by atoms with Crippen LogP contribution in [0.1, 0.15) is 17.5 Å². The second-order valence-corrected chi connectivity index (χ2v) is 8.13. The molecule has 27 heavy (non-hydrogen) atoms. The van der Waals surface area contributed by atoms with Crippen molar-refractivity contribution in [2.45, 2.75) is 31.4 Å². The second-order valence-electron chi connectivity index (χ2n) is 6.27. The van der Waals surface area contributed by atoms with Gasteiger partial charge in [0.05, 0.1) is 18.0 Å². The van der Waals surface area contributed by atoms with E-state index in [1.54, 1.807) is 19.1 Å². The van der Waals surface area contributed by atoms with E-state index in [2.05, 4.69) is 17.2 Å². The number of carbonyl (C=O) groups excluding carboxylic acids is 2. The molecule has 0 radical (unpaired) electrons. The van der Waals surface area contributed by atoms with E-state index in [4.69, 9.17) is 4.74 Å². The standard InChI is InChI=1S/C18H25N3O5S/c1-4-8-19-17(22)18(23)20-12-16-21(9-5-10-26-16)27(24,25)15-11-13(2)6-7-14(15)3/h4,6-7,11,16H,1,5,8-10,12H2,2-3H3,(H,19,22)(H,20,23). The van der Waals surface area contributed by atoms with Gasteiger partial charge in [0, 0.05) is 13.1 Å². The highest BCUT2D eigenvalue weighted by Gasteiger charge is 2.35. The summed E-state index contributed by atoms with van der Waals surface area (Å²) in [6.45, 7) is 7.71. The highest BCUT2D eigenvalue weighted by atomic mass is 32.2. The van der Waals surface area contributed by atoms with Gasteiger partial charge in [-0.1, -0.05) is 18.2 Å². The van der Waals surface area contributed by atoms with Gasteiger partial charge in [-0.25, -0.2) is 8.42 Å². The smallest absolute Gasteiger partial charge is 0.309 e. The fraction of sp³-hybridized carbons (Fsp3) is 0.444. The highest BCUT2D eigenvalue weighted by molar-refractivity contribution is 7.89. The number of rotatable bonds is 6. The van der Waals surface area contributed by atoms with Crippen molar-refractivity contribution < 1.29 is 22.7 Å². The number of aryl methyl sites for hydroxylation is 2. The summed E-state index contributed by atoms with van der Waals surface area (Å²) in [7, 11) is -3.80. The van der Waals surface area contributed by atoms with Crippen molar-refractivity contribution >= 4 is 21.8 Å². The number of sulfonamides is 1. The quantitative estimate of drug-likeness (QED) is 0.538. The van der Waals surface area contributed by atoms with E-state index in [1.807, 2.05) is 13.0 Å². The molecule has 2 rings (SSSR count). The van der Waals surface area contributed by atoms with E-state index in [9.17, 15) is 18.0 Å². The zero-order valence-electron chi connectivity index (χ0n) is 15.5. The van der Waals surface area contributed by atoms with Gasteiger partial charge in [-0.3, -0.25) is 9.59 Å². The zero-order chi connectivity index (χ0) is 20.0. The van der Waals surface area contributed by atoms with Crippen LogP contribution in [0.2, 0.25) is 0 Å². The molecular formula is C18H25N3O5S. The first-order chi connectivity index (χ1) is 12.8. The predicted molar refractivity (Wildman–Crippen MR) is 100 cm³/mol. The minimum absolute atomic E-state index is 0.121. The summed E-state index contributed by atoms with van der Waals surface area (Å²) < 4.78 is 33.1. The maximum absolute atomic E-state index is 13.1. The molecule has 1 heterocycles. The maximum atomic E-state index is 13.1. The molecule has 8 nitrogen and oxygen atoms in total. The number of amides is 2. The van der Waals surface area contributed by atoms with E-state index >= 15 is 0 Å². The Labute approximate surface area is 159 Å². The molecule has 1 saturated heterocycles. The van der Waals surface area contributed by atoms with Crippen molar-refractivity contribution in [3.8, 4) is 0 Å². The minimum atomic E-state index is -3.80. The minimum Gasteiger partial charge on any atom is -0.360 e. The lowest BCUT2D eigenvalue weighted by atomic mass is 10.2. The van der Waals surface area contributed by atoms with E-state index in [0.717, 1.165) is 5.56 Å². The number of benzene rings is 1. The lowest BCUT2D eigenvalue weighted by Gasteiger charge is -2.35. The molecule has 0 aliphatic carbocycles. The average molecular weight is 395 g/mol. The Hall–Kier alpha value is -2.23. The van der Waals surface area contributed by atoms with Gasteiger partial charge in [-0.2, -0.15) is 4.31 Å². The molecule has 1 fully saturated rings. The van der Waals surface area contributed by atoms with Crippen LogP contribution in [-0.2, 0) is 24.3 Å². The topological polar surface area (TPSA) is 105 Å². The SMILES string of the molecule is C=CCNC(=O)C(=O)NCC1OCCCN1S(=O)(=O)c1cc(C)ccc1C. The van der Waals surface area contributed by atoms with Gasteiger partial charge in [0.25, 0.3) is 0 Å². The molecule has 1 aliphatic rings. The molecular weight excluding hydrogens is 370 g/mol. The van der Waals surface area contributed by atoms with Crippen molar-refractivity contribution in [3.63, 3.8) is 0 Å². The third kappa shape index (κ3) is 5.15. The van der Waals surface area contributed by atoms with Crippen molar-refractivity contribution in [1.82, 2.24) is 14.9 Å². The molecule has 2 N–H and O–H groups in total. The molecule has 1 aliphatic heterocycles. The fourth-order valence-electron chi connectivity index (χ4n) is 2.72. The molecule has 1 unspecified atom stereocenters. The Bertz CT molecular complexity index is 822. The Morgan fingerprint density at radius 1 is 1.30 bits per heavy atom. The van der Waals surface area contributed by atoms with Crippen molar-refractivity contribution in [2.24, 2.45) is 0 Å². The largest absolute Gasteiger partial charge is 0.360 e. The second kappa shape index (κ2) is 9.12. The third-order valence-electron chi connectivity index (χ3n) is 4.13. The molecule has 2 amide bonds. The molecule has 0 spiro atoms. The summed E-state index contributed by atoms with van der Waals surface area (Å²) in [6, 6.07) is 5.23. The summed E-state index contributed by atoms with van der Waals surface area (Å²) in [4.78, 5) is 23.7. The molecule has 0 bridgehead atoms. The fourth-order valence-corrected chi connectivity index (χ4v) is 4.60. The highest BCUT2D eigenvalue weighted by Crippen LogP contribution is 2.25. The van der Waals surface area contributed by atoms with Crippen molar-refractivity contribution in [3.05, 3.63) is 42.0 Å². The Balaban J connectivity index is 2.14. The Kier molecular flexibility index (Phi) is 7.11. The normalized spacial score (nSPS) is 17.9. The summed E-state index contributed by atoms with van der Waals surface area (Å²) in [5, 5.41) is 4.78. The summed E-state index contributed by atoms with van der Waals surface area (Å²) in [5.74, 6) is -1.66. The van der Waals surface area contributed by atoms with Crippen LogP contribution >= 0.6 is 0 Å². The first-order valence-corrected chi connectivity index (χ1v) is 10.1. The van der Waals surface area contributed by atoms with Gasteiger partial charge in [-0.05, 0) is 37.5 Å². The van der Waals surface area contributed by atoms with Gasteiger partial charge < -0.3 is 15.4 Å². The number of carbonyl (C=O) groups is 2. The summed E-state index contributed by atoms with van der Waals surface area (Å²) in [6.07, 6.45) is 1.13. The first kappa shape index (κ1) is 21.1. The monoisotopic (exact) mass is 395 g/mol. The van der Waals surface area contributed by atoms with Crippen LogP contribution in [0.5, 0.6) is 0 Å². The van der Waals surface area contributed by atoms with Crippen LogP contribution in [0.15, 0.2) is 35.7 Å². The Morgan fingerprint density at radius 3 is 2.70 bits per heavy atom. The maximum Gasteiger partial charge on any atom is 0.309 e. The van der Waals surface area contributed by atoms with E-state index in [-0.39, 0.29) is 24.5 Å². The van der Waals surface area contributed by atoms with E-state index in [1.165, 1.54) is 10.4 Å². The van der Waals surface area contributed by atoms with Gasteiger partial charge in [0.2, 0.25) is 10.0 Å². The average Bonchev–Trinajstić information content (AvgIpc) is 2.66.